The van der Waals surface area contributed by atoms with Crippen LogP contribution in [0.3, 0.4) is 0 Å². The number of hydrogen-bond donors (Lipinski definition) is 1. The first-order valence-electron chi connectivity index (χ1n) is 14.0. The van der Waals surface area contributed by atoms with Crippen molar-refractivity contribution in [1.82, 2.24) is 10.2 Å². The average Bonchev–Trinajstić information content (AvgIpc) is 2.93. The molecule has 0 aliphatic heterocycles. The molecule has 0 aliphatic rings. The van der Waals surface area contributed by atoms with Gasteiger partial charge in [0, 0.05) is 12.6 Å². The van der Waals surface area contributed by atoms with Gasteiger partial charge in [-0.25, -0.2) is 8.42 Å². The topological polar surface area (TPSA) is 86.8 Å². The highest BCUT2D eigenvalue weighted by Gasteiger charge is 2.34. The van der Waals surface area contributed by atoms with Crippen LogP contribution in [-0.4, -0.2) is 43.8 Å². The zero-order chi connectivity index (χ0) is 31.2. The minimum Gasteiger partial charge on any atom is -0.352 e. The van der Waals surface area contributed by atoms with Crippen molar-refractivity contribution in [3.8, 4) is 0 Å². The van der Waals surface area contributed by atoms with E-state index in [1.807, 2.05) is 53.7 Å². The smallest absolute Gasteiger partial charge is 0.264 e. The number of halogens is 2. The summed E-state index contributed by atoms with van der Waals surface area (Å²) in [5.41, 5.74) is 2.95. The fourth-order valence-electron chi connectivity index (χ4n) is 4.53. The Morgan fingerprint density at radius 1 is 0.881 bits per heavy atom. The van der Waals surface area contributed by atoms with Crippen molar-refractivity contribution in [2.45, 2.75) is 77.4 Å². The van der Waals surface area contributed by atoms with E-state index in [9.17, 15) is 18.0 Å². The third kappa shape index (κ3) is 8.27. The summed E-state index contributed by atoms with van der Waals surface area (Å²) in [4.78, 5) is 28.9. The summed E-state index contributed by atoms with van der Waals surface area (Å²) >= 11 is 12.4. The summed E-state index contributed by atoms with van der Waals surface area (Å²) in [6.07, 6.45) is 0.319. The number of sulfonamides is 1. The Morgan fingerprint density at radius 2 is 1.50 bits per heavy atom. The van der Waals surface area contributed by atoms with Crippen LogP contribution >= 0.6 is 23.2 Å². The lowest BCUT2D eigenvalue weighted by molar-refractivity contribution is -0.140. The van der Waals surface area contributed by atoms with Crippen LogP contribution in [0.4, 0.5) is 5.69 Å². The highest BCUT2D eigenvalue weighted by Crippen LogP contribution is 2.28. The molecule has 0 heterocycles. The summed E-state index contributed by atoms with van der Waals surface area (Å²) in [7, 11) is -4.14. The molecule has 0 unspecified atom stereocenters. The summed E-state index contributed by atoms with van der Waals surface area (Å²) in [6.45, 7) is 11.0. The Hall–Kier alpha value is -3.07. The quantitative estimate of drug-likeness (QED) is 0.234. The Labute approximate surface area is 259 Å². The molecule has 0 bridgehead atoms. The van der Waals surface area contributed by atoms with Gasteiger partial charge in [0.2, 0.25) is 11.8 Å². The van der Waals surface area contributed by atoms with Crippen LogP contribution in [0.15, 0.2) is 71.6 Å². The second kappa shape index (κ2) is 14.4. The van der Waals surface area contributed by atoms with E-state index in [2.05, 4.69) is 5.32 Å². The Morgan fingerprint density at radius 3 is 2.02 bits per heavy atom. The fraction of sp³-hybridized carbons (Fsp3) is 0.375. The lowest BCUT2D eigenvalue weighted by Crippen LogP contribution is -2.53. The van der Waals surface area contributed by atoms with E-state index in [1.165, 1.54) is 17.0 Å². The zero-order valence-electron chi connectivity index (χ0n) is 24.9. The van der Waals surface area contributed by atoms with E-state index in [0.717, 1.165) is 15.4 Å². The van der Waals surface area contributed by atoms with Crippen LogP contribution in [-0.2, 0) is 26.2 Å². The molecule has 0 saturated carbocycles. The van der Waals surface area contributed by atoms with Gasteiger partial charge in [0.15, 0.2) is 0 Å². The molecule has 0 radical (unpaired) electrons. The number of nitrogens with zero attached hydrogens (tertiary/aromatic N) is 2. The van der Waals surface area contributed by atoms with E-state index in [-0.39, 0.29) is 29.3 Å². The van der Waals surface area contributed by atoms with Crippen LogP contribution in [0.25, 0.3) is 0 Å². The molecule has 1 N–H and O–H groups in total. The maximum atomic E-state index is 14.2. The van der Waals surface area contributed by atoms with Crippen LogP contribution in [0.1, 0.15) is 63.6 Å². The van der Waals surface area contributed by atoms with Crippen molar-refractivity contribution in [2.75, 3.05) is 10.8 Å². The van der Waals surface area contributed by atoms with Gasteiger partial charge in [-0.1, -0.05) is 79.9 Å². The molecule has 0 spiro atoms. The number of carbonyl (C=O) groups is 2. The molecule has 0 saturated heterocycles. The van der Waals surface area contributed by atoms with Gasteiger partial charge in [0.05, 0.1) is 20.6 Å². The van der Waals surface area contributed by atoms with Crippen LogP contribution in [0.5, 0.6) is 0 Å². The van der Waals surface area contributed by atoms with Gasteiger partial charge >= 0.3 is 0 Å². The summed E-state index contributed by atoms with van der Waals surface area (Å²) in [5, 5.41) is 3.57. The highest BCUT2D eigenvalue weighted by molar-refractivity contribution is 7.92. The largest absolute Gasteiger partial charge is 0.352 e. The monoisotopic (exact) mass is 631 g/mol. The number of anilines is 1. The number of benzene rings is 3. The number of amides is 2. The third-order valence-corrected chi connectivity index (χ3v) is 9.42. The molecule has 0 fully saturated rings. The summed E-state index contributed by atoms with van der Waals surface area (Å²) in [5.74, 6) is -0.611. The van der Waals surface area contributed by atoms with Gasteiger partial charge in [-0.2, -0.15) is 0 Å². The highest BCUT2D eigenvalue weighted by atomic mass is 35.5. The Kier molecular flexibility index (Phi) is 11.5. The van der Waals surface area contributed by atoms with Gasteiger partial charge in [0.1, 0.15) is 12.6 Å². The van der Waals surface area contributed by atoms with E-state index >= 15 is 0 Å². The number of aryl methyl sites for hydroxylation is 1. The second-order valence-corrected chi connectivity index (χ2v) is 13.6. The van der Waals surface area contributed by atoms with Gasteiger partial charge in [-0.15, -0.1) is 0 Å². The molecule has 226 valence electrons. The molecule has 3 aromatic rings. The predicted molar refractivity (Wildman–Crippen MR) is 171 cm³/mol. The molecule has 42 heavy (non-hydrogen) atoms. The molecule has 3 aromatic carbocycles. The molecule has 3 rings (SSSR count). The number of rotatable bonds is 12. The standard InChI is InChI=1S/C32H39Cl2N3O4S/c1-7-30(32(39)35-22(4)5)36(19-24-10-17-28(33)29(34)18-24)31(38)20-37(26-13-11-25(12-14-26)21(2)3)42(40,41)27-15-8-23(6)9-16-27/h8-18,21-22,30H,7,19-20H2,1-6H3,(H,35,39)/t30-/m0/s1. The zero-order valence-corrected chi connectivity index (χ0v) is 27.2. The first-order valence-corrected chi connectivity index (χ1v) is 16.2. The lowest BCUT2D eigenvalue weighted by atomic mass is 10.0. The summed E-state index contributed by atoms with van der Waals surface area (Å²) in [6, 6.07) is 17.6. The van der Waals surface area contributed by atoms with Crippen LogP contribution < -0.4 is 9.62 Å². The summed E-state index contributed by atoms with van der Waals surface area (Å²) < 4.78 is 29.2. The second-order valence-electron chi connectivity index (χ2n) is 10.9. The van der Waals surface area contributed by atoms with Crippen LogP contribution in [0, 0.1) is 6.92 Å². The average molecular weight is 633 g/mol. The van der Waals surface area contributed by atoms with Crippen molar-refractivity contribution >= 4 is 50.7 Å². The Bertz CT molecular complexity index is 1490. The maximum Gasteiger partial charge on any atom is 0.264 e. The minimum absolute atomic E-state index is 0.0322. The van der Waals surface area contributed by atoms with Crippen molar-refractivity contribution in [1.29, 1.82) is 0 Å². The molecule has 2 amide bonds. The molecule has 1 atom stereocenters. The first-order chi connectivity index (χ1) is 19.7. The van der Waals surface area contributed by atoms with Gasteiger partial charge in [-0.3, -0.25) is 13.9 Å². The van der Waals surface area contributed by atoms with Gasteiger partial charge in [-0.05, 0) is 80.6 Å². The van der Waals surface area contributed by atoms with Crippen molar-refractivity contribution in [3.05, 3.63) is 93.5 Å². The fourth-order valence-corrected chi connectivity index (χ4v) is 6.26. The molecular formula is C32H39Cl2N3O4S. The van der Waals surface area contributed by atoms with E-state index in [1.54, 1.807) is 42.5 Å². The maximum absolute atomic E-state index is 14.2. The van der Waals surface area contributed by atoms with Gasteiger partial charge in [0.25, 0.3) is 10.0 Å². The van der Waals surface area contributed by atoms with E-state index < -0.39 is 28.5 Å². The molecule has 0 aromatic heterocycles. The molecule has 10 heteroatoms. The van der Waals surface area contributed by atoms with Crippen LogP contribution in [0.2, 0.25) is 10.0 Å². The normalized spacial score (nSPS) is 12.3. The van der Waals surface area contributed by atoms with Crippen molar-refractivity contribution in [3.63, 3.8) is 0 Å². The predicted octanol–water partition coefficient (Wildman–Crippen LogP) is 6.95. The molecule has 7 nitrogen and oxygen atoms in total. The first kappa shape index (κ1) is 33.4. The SMILES string of the molecule is CC[C@@H](C(=O)NC(C)C)N(Cc1ccc(Cl)c(Cl)c1)C(=O)CN(c1ccc(C(C)C)cc1)S(=O)(=O)c1ccc(C)cc1. The van der Waals surface area contributed by atoms with Gasteiger partial charge < -0.3 is 10.2 Å². The third-order valence-electron chi connectivity index (χ3n) is 6.89. The van der Waals surface area contributed by atoms with Crippen molar-refractivity contribution < 1.29 is 18.0 Å². The minimum atomic E-state index is -4.14. The lowest BCUT2D eigenvalue weighted by Gasteiger charge is -2.33. The van der Waals surface area contributed by atoms with E-state index in [0.29, 0.717) is 27.7 Å². The van der Waals surface area contributed by atoms with E-state index in [4.69, 9.17) is 23.2 Å². The molecule has 0 aliphatic carbocycles. The number of nitrogens with one attached hydrogen (secondary N) is 1. The Balaban J connectivity index is 2.09. The number of hydrogen-bond acceptors (Lipinski definition) is 4. The molecular weight excluding hydrogens is 593 g/mol. The number of carbonyl (C=O) groups excluding carboxylic acids is 2. The van der Waals surface area contributed by atoms with Crippen molar-refractivity contribution in [2.24, 2.45) is 0 Å².